The summed E-state index contributed by atoms with van der Waals surface area (Å²) in [6, 6.07) is 7.87. The first-order valence-electron chi connectivity index (χ1n) is 8.25. The van der Waals surface area contributed by atoms with Gasteiger partial charge in [0, 0.05) is 24.7 Å². The van der Waals surface area contributed by atoms with Crippen LogP contribution in [0.25, 0.3) is 0 Å². The summed E-state index contributed by atoms with van der Waals surface area (Å²) in [6.45, 7) is 7.75. The molecule has 2 rings (SSSR count). The summed E-state index contributed by atoms with van der Waals surface area (Å²) >= 11 is 0. The molecule has 0 bridgehead atoms. The van der Waals surface area contributed by atoms with Gasteiger partial charge in [-0.2, -0.15) is 0 Å². The van der Waals surface area contributed by atoms with Crippen molar-refractivity contribution < 1.29 is 4.79 Å². The molecular formula is C18H27IN4O. The van der Waals surface area contributed by atoms with Gasteiger partial charge < -0.3 is 16.0 Å². The summed E-state index contributed by atoms with van der Waals surface area (Å²) in [4.78, 5) is 16.5. The predicted octanol–water partition coefficient (Wildman–Crippen LogP) is 3.28. The van der Waals surface area contributed by atoms with E-state index in [1.807, 2.05) is 31.2 Å². The van der Waals surface area contributed by atoms with Gasteiger partial charge in [-0.3, -0.25) is 4.79 Å². The predicted molar refractivity (Wildman–Crippen MR) is 111 cm³/mol. The highest BCUT2D eigenvalue weighted by molar-refractivity contribution is 14.0. The van der Waals surface area contributed by atoms with Crippen LogP contribution in [0.2, 0.25) is 0 Å². The van der Waals surface area contributed by atoms with Crippen LogP contribution in [-0.4, -0.2) is 25.0 Å². The maximum absolute atomic E-state index is 12.0. The number of rotatable bonds is 7. The van der Waals surface area contributed by atoms with Gasteiger partial charge in [0.05, 0.1) is 6.54 Å². The highest BCUT2D eigenvalue weighted by Gasteiger charge is 2.25. The van der Waals surface area contributed by atoms with Crippen molar-refractivity contribution in [3.05, 3.63) is 42.5 Å². The van der Waals surface area contributed by atoms with Crippen LogP contribution in [0.5, 0.6) is 0 Å². The summed E-state index contributed by atoms with van der Waals surface area (Å²) in [5.74, 6) is 1.09. The van der Waals surface area contributed by atoms with Crippen molar-refractivity contribution in [2.45, 2.75) is 32.7 Å². The standard InChI is InChI=1S/C18H26N4O.HI/c1-3-11-20-18(19-4-2)21-13-14-7-5-10-16(12-14)22-17(23)15-8-6-9-15;/h3,5,7,10,12,15H,1,4,6,8-9,11,13H2,2H3,(H,22,23)(H2,19,20,21);1H. The van der Waals surface area contributed by atoms with Gasteiger partial charge in [-0.05, 0) is 37.5 Å². The normalized spacial score (nSPS) is 14.1. The number of benzene rings is 1. The Morgan fingerprint density at radius 3 is 2.79 bits per heavy atom. The molecule has 0 radical (unpaired) electrons. The zero-order valence-electron chi connectivity index (χ0n) is 14.2. The molecule has 0 aliphatic heterocycles. The second kappa shape index (κ2) is 11.1. The quantitative estimate of drug-likeness (QED) is 0.263. The van der Waals surface area contributed by atoms with Crippen LogP contribution in [0.3, 0.4) is 0 Å². The smallest absolute Gasteiger partial charge is 0.227 e. The molecule has 0 aromatic heterocycles. The number of hydrogen-bond acceptors (Lipinski definition) is 2. The molecule has 0 spiro atoms. The molecule has 6 heteroatoms. The maximum atomic E-state index is 12.0. The molecule has 1 aliphatic rings. The molecule has 1 saturated carbocycles. The maximum Gasteiger partial charge on any atom is 0.227 e. The third-order valence-electron chi connectivity index (χ3n) is 3.85. The second-order valence-electron chi connectivity index (χ2n) is 5.68. The Balaban J connectivity index is 0.00000288. The van der Waals surface area contributed by atoms with Crippen molar-refractivity contribution in [2.75, 3.05) is 18.4 Å². The summed E-state index contributed by atoms with van der Waals surface area (Å²) in [6.07, 6.45) is 4.98. The molecule has 0 heterocycles. The molecule has 24 heavy (non-hydrogen) atoms. The first-order chi connectivity index (χ1) is 11.2. The van der Waals surface area contributed by atoms with E-state index < -0.39 is 0 Å². The van der Waals surface area contributed by atoms with E-state index in [-0.39, 0.29) is 35.8 Å². The molecule has 1 aromatic carbocycles. The highest BCUT2D eigenvalue weighted by atomic mass is 127. The van der Waals surface area contributed by atoms with E-state index in [1.54, 1.807) is 6.08 Å². The molecule has 5 nitrogen and oxygen atoms in total. The molecule has 0 saturated heterocycles. The molecule has 0 atom stereocenters. The molecule has 1 aromatic rings. The van der Waals surface area contributed by atoms with Crippen molar-refractivity contribution in [1.82, 2.24) is 10.6 Å². The third-order valence-corrected chi connectivity index (χ3v) is 3.85. The van der Waals surface area contributed by atoms with Gasteiger partial charge in [0.2, 0.25) is 5.91 Å². The van der Waals surface area contributed by atoms with Crippen LogP contribution < -0.4 is 16.0 Å². The lowest BCUT2D eigenvalue weighted by atomic mass is 9.85. The number of amides is 1. The zero-order chi connectivity index (χ0) is 16.5. The van der Waals surface area contributed by atoms with Gasteiger partial charge >= 0.3 is 0 Å². The molecule has 132 valence electrons. The van der Waals surface area contributed by atoms with Gasteiger partial charge in [-0.15, -0.1) is 30.6 Å². The number of carbonyl (C=O) groups is 1. The molecule has 1 aliphatic carbocycles. The number of halogens is 1. The van der Waals surface area contributed by atoms with Crippen LogP contribution in [0.4, 0.5) is 5.69 Å². The monoisotopic (exact) mass is 442 g/mol. The number of anilines is 1. The fourth-order valence-corrected chi connectivity index (χ4v) is 2.34. The topological polar surface area (TPSA) is 65.5 Å². The average Bonchev–Trinajstić information content (AvgIpc) is 2.48. The number of hydrogen-bond donors (Lipinski definition) is 3. The van der Waals surface area contributed by atoms with Gasteiger partial charge in [-0.1, -0.05) is 24.6 Å². The third kappa shape index (κ3) is 6.51. The summed E-state index contributed by atoms with van der Waals surface area (Å²) in [7, 11) is 0. The SMILES string of the molecule is C=CCNC(=NCc1cccc(NC(=O)C2CCC2)c1)NCC.I. The lowest BCUT2D eigenvalue weighted by molar-refractivity contribution is -0.122. The van der Waals surface area contributed by atoms with Crippen molar-refractivity contribution in [2.24, 2.45) is 10.9 Å². The fraction of sp³-hybridized carbons (Fsp3) is 0.444. The minimum Gasteiger partial charge on any atom is -0.357 e. The number of aliphatic imine (C=N–C) groups is 1. The number of carbonyl (C=O) groups excluding carboxylic acids is 1. The number of nitrogens with zero attached hydrogens (tertiary/aromatic N) is 1. The molecule has 0 unspecified atom stereocenters. The van der Waals surface area contributed by atoms with Crippen molar-refractivity contribution in [1.29, 1.82) is 0 Å². The van der Waals surface area contributed by atoms with E-state index >= 15 is 0 Å². The van der Waals surface area contributed by atoms with Gasteiger partial charge in [0.15, 0.2) is 5.96 Å². The van der Waals surface area contributed by atoms with Crippen LogP contribution in [0, 0.1) is 5.92 Å². The Kier molecular flexibility index (Phi) is 9.44. The molecule has 1 fully saturated rings. The lowest BCUT2D eigenvalue weighted by Gasteiger charge is -2.24. The van der Waals surface area contributed by atoms with Crippen molar-refractivity contribution in [3.63, 3.8) is 0 Å². The Labute approximate surface area is 161 Å². The number of nitrogens with one attached hydrogen (secondary N) is 3. The first kappa shape index (κ1) is 20.5. The van der Waals surface area contributed by atoms with Crippen LogP contribution in [-0.2, 0) is 11.3 Å². The van der Waals surface area contributed by atoms with E-state index in [0.717, 1.165) is 43.0 Å². The van der Waals surface area contributed by atoms with Crippen LogP contribution >= 0.6 is 24.0 Å². The van der Waals surface area contributed by atoms with E-state index in [0.29, 0.717) is 13.1 Å². The Bertz CT molecular complexity index is 570. The van der Waals surface area contributed by atoms with Crippen molar-refractivity contribution in [3.8, 4) is 0 Å². The molecule has 1 amide bonds. The van der Waals surface area contributed by atoms with E-state index in [9.17, 15) is 4.79 Å². The highest BCUT2D eigenvalue weighted by Crippen LogP contribution is 2.27. The van der Waals surface area contributed by atoms with Gasteiger partial charge in [0.25, 0.3) is 0 Å². The zero-order valence-corrected chi connectivity index (χ0v) is 16.5. The van der Waals surface area contributed by atoms with Crippen molar-refractivity contribution >= 4 is 41.5 Å². The Morgan fingerprint density at radius 1 is 1.38 bits per heavy atom. The Morgan fingerprint density at radius 2 is 2.17 bits per heavy atom. The number of guanidine groups is 1. The van der Waals surface area contributed by atoms with E-state index in [2.05, 4.69) is 27.5 Å². The summed E-state index contributed by atoms with van der Waals surface area (Å²) in [5, 5.41) is 9.35. The van der Waals surface area contributed by atoms with Gasteiger partial charge in [0.1, 0.15) is 0 Å². The minimum absolute atomic E-state index is 0. The van der Waals surface area contributed by atoms with Crippen LogP contribution in [0.15, 0.2) is 41.9 Å². The summed E-state index contributed by atoms with van der Waals surface area (Å²) < 4.78 is 0. The lowest BCUT2D eigenvalue weighted by Crippen LogP contribution is -2.37. The van der Waals surface area contributed by atoms with E-state index in [4.69, 9.17) is 0 Å². The van der Waals surface area contributed by atoms with Crippen LogP contribution in [0.1, 0.15) is 31.7 Å². The Hall–Kier alpha value is -1.57. The second-order valence-corrected chi connectivity index (χ2v) is 5.68. The van der Waals surface area contributed by atoms with Gasteiger partial charge in [-0.25, -0.2) is 4.99 Å². The largest absolute Gasteiger partial charge is 0.357 e. The molecule has 3 N–H and O–H groups in total. The van der Waals surface area contributed by atoms with E-state index in [1.165, 1.54) is 0 Å². The first-order valence-corrected chi connectivity index (χ1v) is 8.25. The summed E-state index contributed by atoms with van der Waals surface area (Å²) in [5.41, 5.74) is 1.91. The molecular weight excluding hydrogens is 415 g/mol. The fourth-order valence-electron chi connectivity index (χ4n) is 2.34. The average molecular weight is 442 g/mol. The minimum atomic E-state index is 0.